The monoisotopic (exact) mass is 326 g/mol. The van der Waals surface area contributed by atoms with E-state index in [0.717, 1.165) is 0 Å². The van der Waals surface area contributed by atoms with E-state index in [0.29, 0.717) is 29.4 Å². The van der Waals surface area contributed by atoms with Crippen molar-refractivity contribution in [1.29, 1.82) is 0 Å². The molecule has 0 saturated carbocycles. The van der Waals surface area contributed by atoms with Crippen LogP contribution < -0.4 is 10.1 Å². The Hall–Kier alpha value is -3.15. The molecule has 6 heteroatoms. The summed E-state index contributed by atoms with van der Waals surface area (Å²) in [6.07, 6.45) is 0. The molecule has 1 heterocycles. The van der Waals surface area contributed by atoms with Gasteiger partial charge in [0.05, 0.1) is 12.3 Å². The number of carbonyl (C=O) groups excluding carboxylic acids is 1. The second-order valence-corrected chi connectivity index (χ2v) is 4.97. The summed E-state index contributed by atoms with van der Waals surface area (Å²) in [7, 11) is 0. The Balaban J connectivity index is 1.78. The van der Waals surface area contributed by atoms with Gasteiger partial charge in [-0.05, 0) is 43.3 Å². The van der Waals surface area contributed by atoms with Crippen LogP contribution in [0.25, 0.3) is 11.3 Å². The summed E-state index contributed by atoms with van der Waals surface area (Å²) in [5.41, 5.74) is 1.31. The van der Waals surface area contributed by atoms with Crippen LogP contribution in [0.2, 0.25) is 0 Å². The van der Waals surface area contributed by atoms with Gasteiger partial charge in [0, 0.05) is 11.6 Å². The molecule has 0 saturated heterocycles. The number of para-hydroxylation sites is 2. The predicted octanol–water partition coefficient (Wildman–Crippen LogP) is 4.13. The van der Waals surface area contributed by atoms with Crippen molar-refractivity contribution in [3.8, 4) is 17.1 Å². The molecule has 3 rings (SSSR count). The highest BCUT2D eigenvalue weighted by Crippen LogP contribution is 2.25. The smallest absolute Gasteiger partial charge is 0.277 e. The number of aromatic nitrogens is 1. The number of anilines is 1. The second kappa shape index (κ2) is 6.95. The minimum absolute atomic E-state index is 0.126. The van der Waals surface area contributed by atoms with Crippen molar-refractivity contribution in [2.45, 2.75) is 6.92 Å². The predicted molar refractivity (Wildman–Crippen MR) is 87.5 cm³/mol. The lowest BCUT2D eigenvalue weighted by Crippen LogP contribution is -2.13. The van der Waals surface area contributed by atoms with Crippen LogP contribution in [0.1, 0.15) is 17.4 Å². The first kappa shape index (κ1) is 15.7. The molecule has 0 atom stereocenters. The van der Waals surface area contributed by atoms with E-state index < -0.39 is 5.91 Å². The fourth-order valence-electron chi connectivity index (χ4n) is 2.17. The number of hydrogen-bond acceptors (Lipinski definition) is 4. The van der Waals surface area contributed by atoms with Crippen molar-refractivity contribution in [3.05, 3.63) is 66.1 Å². The summed E-state index contributed by atoms with van der Waals surface area (Å²) in [6, 6.07) is 14.4. The highest BCUT2D eigenvalue weighted by molar-refractivity contribution is 6.04. The zero-order chi connectivity index (χ0) is 16.9. The Morgan fingerprint density at radius 2 is 1.96 bits per heavy atom. The quantitative estimate of drug-likeness (QED) is 0.765. The number of nitrogens with one attached hydrogen (secondary N) is 1. The number of carbonyl (C=O) groups is 1. The van der Waals surface area contributed by atoms with E-state index in [1.807, 2.05) is 13.0 Å². The maximum atomic E-state index is 13.0. The van der Waals surface area contributed by atoms with E-state index in [1.165, 1.54) is 18.2 Å². The number of benzene rings is 2. The lowest BCUT2D eigenvalue weighted by atomic mass is 10.1. The third-order valence-corrected chi connectivity index (χ3v) is 3.31. The molecule has 0 aliphatic carbocycles. The average Bonchev–Trinajstić information content (AvgIpc) is 3.08. The van der Waals surface area contributed by atoms with Crippen molar-refractivity contribution in [3.63, 3.8) is 0 Å². The molecule has 1 amide bonds. The molecule has 0 fully saturated rings. The molecule has 3 aromatic rings. The molecule has 1 aromatic heterocycles. The molecule has 0 radical (unpaired) electrons. The summed E-state index contributed by atoms with van der Waals surface area (Å²) in [4.78, 5) is 12.3. The molecule has 0 unspecified atom stereocenters. The van der Waals surface area contributed by atoms with Crippen LogP contribution in [0.3, 0.4) is 0 Å². The SMILES string of the molecule is CCOc1ccccc1NC(=O)c1cc(-c2ccc(F)cc2)on1. The molecule has 0 bridgehead atoms. The number of halogens is 1. The normalized spacial score (nSPS) is 10.4. The molecule has 0 aliphatic heterocycles. The van der Waals surface area contributed by atoms with Crippen molar-refractivity contribution in [2.24, 2.45) is 0 Å². The lowest BCUT2D eigenvalue weighted by Gasteiger charge is -2.09. The van der Waals surface area contributed by atoms with Crippen molar-refractivity contribution >= 4 is 11.6 Å². The van der Waals surface area contributed by atoms with Gasteiger partial charge in [0.1, 0.15) is 11.6 Å². The van der Waals surface area contributed by atoms with Crippen molar-refractivity contribution < 1.29 is 18.4 Å². The summed E-state index contributed by atoms with van der Waals surface area (Å²) in [5, 5.41) is 6.50. The largest absolute Gasteiger partial charge is 0.492 e. The summed E-state index contributed by atoms with van der Waals surface area (Å²) in [5.74, 6) is 0.205. The van der Waals surface area contributed by atoms with Crippen LogP contribution in [0, 0.1) is 5.82 Å². The third-order valence-electron chi connectivity index (χ3n) is 3.31. The maximum absolute atomic E-state index is 13.0. The van der Waals surface area contributed by atoms with E-state index in [1.54, 1.807) is 30.3 Å². The molecule has 122 valence electrons. The number of rotatable bonds is 5. The van der Waals surface area contributed by atoms with Gasteiger partial charge in [-0.15, -0.1) is 0 Å². The van der Waals surface area contributed by atoms with Gasteiger partial charge in [0.15, 0.2) is 11.5 Å². The van der Waals surface area contributed by atoms with E-state index in [4.69, 9.17) is 9.26 Å². The number of ether oxygens (including phenoxy) is 1. The highest BCUT2D eigenvalue weighted by atomic mass is 19.1. The minimum Gasteiger partial charge on any atom is -0.492 e. The van der Waals surface area contributed by atoms with Crippen molar-refractivity contribution in [1.82, 2.24) is 5.16 Å². The highest BCUT2D eigenvalue weighted by Gasteiger charge is 2.15. The fraction of sp³-hybridized carbons (Fsp3) is 0.111. The first-order valence-electron chi connectivity index (χ1n) is 7.43. The van der Waals surface area contributed by atoms with Crippen molar-refractivity contribution in [2.75, 3.05) is 11.9 Å². The standard InChI is InChI=1S/C18H15FN2O3/c1-2-23-16-6-4-3-5-14(16)20-18(22)15-11-17(24-21-15)12-7-9-13(19)10-8-12/h3-11H,2H2,1H3,(H,20,22). The van der Waals surface area contributed by atoms with Gasteiger partial charge in [-0.3, -0.25) is 4.79 Å². The second-order valence-electron chi connectivity index (χ2n) is 4.97. The Labute approximate surface area is 138 Å². The van der Waals surface area contributed by atoms with Crippen LogP contribution in [0.15, 0.2) is 59.1 Å². The topological polar surface area (TPSA) is 64.4 Å². The van der Waals surface area contributed by atoms with Crippen LogP contribution >= 0.6 is 0 Å². The molecular weight excluding hydrogens is 311 g/mol. The van der Waals surface area contributed by atoms with E-state index >= 15 is 0 Å². The van der Waals surface area contributed by atoms with Gasteiger partial charge in [-0.1, -0.05) is 17.3 Å². The lowest BCUT2D eigenvalue weighted by molar-refractivity contribution is 0.101. The first-order valence-corrected chi connectivity index (χ1v) is 7.43. The average molecular weight is 326 g/mol. The van der Waals surface area contributed by atoms with Gasteiger partial charge >= 0.3 is 0 Å². The summed E-state index contributed by atoms with van der Waals surface area (Å²) >= 11 is 0. The molecule has 24 heavy (non-hydrogen) atoms. The zero-order valence-corrected chi connectivity index (χ0v) is 13.0. The third kappa shape index (κ3) is 3.43. The Kier molecular flexibility index (Phi) is 4.56. The Morgan fingerprint density at radius 1 is 1.21 bits per heavy atom. The van der Waals surface area contributed by atoms with Crippen LogP contribution in [-0.4, -0.2) is 17.7 Å². The van der Waals surface area contributed by atoms with Crippen LogP contribution in [0.4, 0.5) is 10.1 Å². The first-order chi connectivity index (χ1) is 11.7. The van der Waals surface area contributed by atoms with Gasteiger partial charge in [0.2, 0.25) is 0 Å². The molecule has 0 aliphatic rings. The summed E-state index contributed by atoms with van der Waals surface area (Å²) < 4.78 is 23.6. The van der Waals surface area contributed by atoms with Gasteiger partial charge in [-0.25, -0.2) is 4.39 Å². The number of nitrogens with zero attached hydrogens (tertiary/aromatic N) is 1. The van der Waals surface area contributed by atoms with Gasteiger partial charge in [0.25, 0.3) is 5.91 Å². The van der Waals surface area contributed by atoms with E-state index in [-0.39, 0.29) is 11.5 Å². The fourth-order valence-corrected chi connectivity index (χ4v) is 2.17. The molecule has 0 spiro atoms. The Bertz CT molecular complexity index is 843. The molecular formula is C18H15FN2O3. The maximum Gasteiger partial charge on any atom is 0.277 e. The zero-order valence-electron chi connectivity index (χ0n) is 13.0. The van der Waals surface area contributed by atoms with E-state index in [2.05, 4.69) is 10.5 Å². The van der Waals surface area contributed by atoms with Gasteiger partial charge < -0.3 is 14.6 Å². The molecule has 5 nitrogen and oxygen atoms in total. The minimum atomic E-state index is -0.417. The van der Waals surface area contributed by atoms with Crippen LogP contribution in [-0.2, 0) is 0 Å². The number of hydrogen-bond donors (Lipinski definition) is 1. The van der Waals surface area contributed by atoms with E-state index in [9.17, 15) is 9.18 Å². The van der Waals surface area contributed by atoms with Crippen LogP contribution in [0.5, 0.6) is 5.75 Å². The number of amides is 1. The molecule has 2 aromatic carbocycles. The summed E-state index contributed by atoms with van der Waals surface area (Å²) in [6.45, 7) is 2.36. The van der Waals surface area contributed by atoms with Gasteiger partial charge in [-0.2, -0.15) is 0 Å². The Morgan fingerprint density at radius 3 is 2.71 bits per heavy atom. The molecule has 1 N–H and O–H groups in total.